The minimum Gasteiger partial charge on any atom is -0.310 e. The van der Waals surface area contributed by atoms with Gasteiger partial charge < -0.3 is 5.32 Å². The van der Waals surface area contributed by atoms with Gasteiger partial charge in [-0.15, -0.1) is 0 Å². The van der Waals surface area contributed by atoms with E-state index in [4.69, 9.17) is 11.6 Å². The third kappa shape index (κ3) is 3.51. The molecule has 0 aliphatic rings. The molecule has 0 radical (unpaired) electrons. The molecule has 0 heterocycles. The summed E-state index contributed by atoms with van der Waals surface area (Å²) in [6.45, 7) is 9.57. The third-order valence-electron chi connectivity index (χ3n) is 2.90. The second kappa shape index (κ2) is 5.53. The predicted octanol–water partition coefficient (Wildman–Crippen LogP) is 3.84. The van der Waals surface area contributed by atoms with Gasteiger partial charge in [0, 0.05) is 17.6 Å². The summed E-state index contributed by atoms with van der Waals surface area (Å²) < 4.78 is 0. The molecule has 1 rings (SSSR count). The van der Waals surface area contributed by atoms with Crippen LogP contribution in [0.15, 0.2) is 12.1 Å². The lowest BCUT2D eigenvalue weighted by Gasteiger charge is -2.15. The summed E-state index contributed by atoms with van der Waals surface area (Å²) >= 11 is 5.99. The van der Waals surface area contributed by atoms with E-state index in [0.717, 1.165) is 18.0 Å². The monoisotopic (exact) mass is 225 g/mol. The molecule has 84 valence electrons. The van der Waals surface area contributed by atoms with Gasteiger partial charge in [-0.3, -0.25) is 0 Å². The number of nitrogens with one attached hydrogen (secondary N) is 1. The largest absolute Gasteiger partial charge is 0.310 e. The average molecular weight is 226 g/mol. The van der Waals surface area contributed by atoms with Crippen LogP contribution in [-0.4, -0.2) is 6.04 Å². The number of rotatable bonds is 4. The van der Waals surface area contributed by atoms with E-state index in [0.29, 0.717) is 6.04 Å². The Labute approximate surface area is 97.8 Å². The van der Waals surface area contributed by atoms with Crippen LogP contribution in [0.1, 0.15) is 37.0 Å². The predicted molar refractivity (Wildman–Crippen MR) is 67.5 cm³/mol. The van der Waals surface area contributed by atoms with Gasteiger partial charge in [-0.2, -0.15) is 0 Å². The highest BCUT2D eigenvalue weighted by Gasteiger charge is 2.05. The van der Waals surface area contributed by atoms with E-state index in [1.807, 2.05) is 12.1 Å². The van der Waals surface area contributed by atoms with Crippen LogP contribution in [0.5, 0.6) is 0 Å². The fraction of sp³-hybridized carbons (Fsp3) is 0.538. The molecule has 0 fully saturated rings. The number of benzene rings is 1. The molecule has 1 atom stereocenters. The topological polar surface area (TPSA) is 12.0 Å². The standard InChI is InChI=1S/C13H20ClN/c1-5-11(4)15-8-13-9(2)6-12(14)7-10(13)3/h6-7,11,15H,5,8H2,1-4H3. The summed E-state index contributed by atoms with van der Waals surface area (Å²) in [5, 5.41) is 4.34. The van der Waals surface area contributed by atoms with Crippen molar-refractivity contribution in [2.45, 2.75) is 46.7 Å². The van der Waals surface area contributed by atoms with Crippen molar-refractivity contribution in [1.29, 1.82) is 0 Å². The molecule has 0 saturated heterocycles. The van der Waals surface area contributed by atoms with E-state index in [2.05, 4.69) is 33.0 Å². The van der Waals surface area contributed by atoms with Crippen LogP contribution in [0.4, 0.5) is 0 Å². The fourth-order valence-electron chi connectivity index (χ4n) is 1.64. The van der Waals surface area contributed by atoms with Crippen LogP contribution in [0.25, 0.3) is 0 Å². The zero-order valence-corrected chi connectivity index (χ0v) is 10.8. The minimum atomic E-state index is 0.569. The zero-order chi connectivity index (χ0) is 11.4. The second-order valence-corrected chi connectivity index (χ2v) is 4.64. The lowest BCUT2D eigenvalue weighted by Crippen LogP contribution is -2.25. The molecule has 1 N–H and O–H groups in total. The Kier molecular flexibility index (Phi) is 4.62. The van der Waals surface area contributed by atoms with Gasteiger partial charge in [0.1, 0.15) is 0 Å². The number of aryl methyl sites for hydroxylation is 2. The van der Waals surface area contributed by atoms with Gasteiger partial charge in [0.05, 0.1) is 0 Å². The molecular formula is C13H20ClN. The van der Waals surface area contributed by atoms with Crippen LogP contribution in [0.2, 0.25) is 5.02 Å². The normalized spacial score (nSPS) is 12.9. The summed E-state index contributed by atoms with van der Waals surface area (Å²) in [6, 6.07) is 4.63. The highest BCUT2D eigenvalue weighted by molar-refractivity contribution is 6.30. The summed E-state index contributed by atoms with van der Waals surface area (Å²) in [4.78, 5) is 0. The van der Waals surface area contributed by atoms with E-state index < -0.39 is 0 Å². The fourth-order valence-corrected chi connectivity index (χ4v) is 1.97. The Morgan fingerprint density at radius 2 is 1.80 bits per heavy atom. The van der Waals surface area contributed by atoms with Crippen molar-refractivity contribution >= 4 is 11.6 Å². The molecule has 2 heteroatoms. The molecule has 1 aromatic rings. The van der Waals surface area contributed by atoms with E-state index >= 15 is 0 Å². The molecule has 0 saturated carbocycles. The highest BCUT2D eigenvalue weighted by Crippen LogP contribution is 2.20. The molecule has 0 spiro atoms. The summed E-state index contributed by atoms with van der Waals surface area (Å²) in [6.07, 6.45) is 1.16. The molecular weight excluding hydrogens is 206 g/mol. The Morgan fingerprint density at radius 3 is 2.27 bits per heavy atom. The van der Waals surface area contributed by atoms with Crippen molar-refractivity contribution in [2.75, 3.05) is 0 Å². The van der Waals surface area contributed by atoms with Gasteiger partial charge in [0.2, 0.25) is 0 Å². The van der Waals surface area contributed by atoms with E-state index in [1.165, 1.54) is 16.7 Å². The van der Waals surface area contributed by atoms with Crippen LogP contribution in [-0.2, 0) is 6.54 Å². The first-order valence-corrected chi connectivity index (χ1v) is 5.91. The van der Waals surface area contributed by atoms with Crippen molar-refractivity contribution < 1.29 is 0 Å². The van der Waals surface area contributed by atoms with Crippen molar-refractivity contribution in [3.63, 3.8) is 0 Å². The molecule has 1 aromatic carbocycles. The van der Waals surface area contributed by atoms with E-state index in [9.17, 15) is 0 Å². The van der Waals surface area contributed by atoms with Gasteiger partial charge >= 0.3 is 0 Å². The molecule has 0 aliphatic heterocycles. The van der Waals surface area contributed by atoms with E-state index in [-0.39, 0.29) is 0 Å². The third-order valence-corrected chi connectivity index (χ3v) is 3.12. The first-order chi connectivity index (χ1) is 7.04. The molecule has 0 bridgehead atoms. The molecule has 0 amide bonds. The first kappa shape index (κ1) is 12.5. The number of hydrogen-bond donors (Lipinski definition) is 1. The smallest absolute Gasteiger partial charge is 0.0411 e. The lowest BCUT2D eigenvalue weighted by atomic mass is 10.0. The van der Waals surface area contributed by atoms with E-state index in [1.54, 1.807) is 0 Å². The van der Waals surface area contributed by atoms with Crippen LogP contribution in [0, 0.1) is 13.8 Å². The van der Waals surface area contributed by atoms with Gasteiger partial charge in [-0.05, 0) is 56.0 Å². The van der Waals surface area contributed by atoms with Crippen LogP contribution >= 0.6 is 11.6 Å². The Morgan fingerprint density at radius 1 is 1.27 bits per heavy atom. The molecule has 1 unspecified atom stereocenters. The van der Waals surface area contributed by atoms with Crippen molar-refractivity contribution in [3.05, 3.63) is 33.8 Å². The van der Waals surface area contributed by atoms with Crippen molar-refractivity contribution in [2.24, 2.45) is 0 Å². The maximum absolute atomic E-state index is 5.99. The minimum absolute atomic E-state index is 0.569. The maximum atomic E-state index is 5.99. The Hall–Kier alpha value is -0.530. The van der Waals surface area contributed by atoms with Gasteiger partial charge in [0.25, 0.3) is 0 Å². The molecule has 15 heavy (non-hydrogen) atoms. The maximum Gasteiger partial charge on any atom is 0.0411 e. The van der Waals surface area contributed by atoms with Gasteiger partial charge in [-0.25, -0.2) is 0 Å². The van der Waals surface area contributed by atoms with Crippen LogP contribution < -0.4 is 5.32 Å². The van der Waals surface area contributed by atoms with Crippen LogP contribution in [0.3, 0.4) is 0 Å². The Bertz CT molecular complexity index is 310. The highest BCUT2D eigenvalue weighted by atomic mass is 35.5. The van der Waals surface area contributed by atoms with Gasteiger partial charge in [-0.1, -0.05) is 18.5 Å². The summed E-state index contributed by atoms with van der Waals surface area (Å²) in [7, 11) is 0. The quantitative estimate of drug-likeness (QED) is 0.821. The second-order valence-electron chi connectivity index (χ2n) is 4.21. The SMILES string of the molecule is CCC(C)NCc1c(C)cc(Cl)cc1C. The zero-order valence-electron chi connectivity index (χ0n) is 10.0. The Balaban J connectivity index is 2.77. The number of halogens is 1. The number of hydrogen-bond acceptors (Lipinski definition) is 1. The van der Waals surface area contributed by atoms with Crippen molar-refractivity contribution in [3.8, 4) is 0 Å². The van der Waals surface area contributed by atoms with Crippen molar-refractivity contribution in [1.82, 2.24) is 5.32 Å². The van der Waals surface area contributed by atoms with Gasteiger partial charge in [0.15, 0.2) is 0 Å². The average Bonchev–Trinajstić information content (AvgIpc) is 2.15. The summed E-state index contributed by atoms with van der Waals surface area (Å²) in [5.74, 6) is 0. The molecule has 1 nitrogen and oxygen atoms in total. The summed E-state index contributed by atoms with van der Waals surface area (Å²) in [5.41, 5.74) is 3.92. The lowest BCUT2D eigenvalue weighted by molar-refractivity contribution is 0.532. The first-order valence-electron chi connectivity index (χ1n) is 5.53. The molecule has 0 aromatic heterocycles. The molecule has 0 aliphatic carbocycles.